The average molecular weight is 233 g/mol. The van der Waals surface area contributed by atoms with Crippen molar-refractivity contribution in [3.63, 3.8) is 0 Å². The Balaban J connectivity index is 2.71. The van der Waals surface area contributed by atoms with E-state index in [0.717, 1.165) is 18.5 Å². The van der Waals surface area contributed by atoms with E-state index < -0.39 is 0 Å². The normalized spacial score (nSPS) is 14.6. The summed E-state index contributed by atoms with van der Waals surface area (Å²) in [5, 5.41) is 12.9. The molecule has 0 aliphatic carbocycles. The standard InChI is InChI=1S/C15H23NO/c1-5-15(4,11-16-12(2)3)10-13-7-6-8-14(17)9-13/h5-9,12,16-17H,1,10-11H2,2-4H3. The van der Waals surface area contributed by atoms with Crippen molar-refractivity contribution >= 4 is 0 Å². The smallest absolute Gasteiger partial charge is 0.115 e. The van der Waals surface area contributed by atoms with Gasteiger partial charge in [0.05, 0.1) is 0 Å². The largest absolute Gasteiger partial charge is 0.508 e. The minimum Gasteiger partial charge on any atom is -0.508 e. The number of aromatic hydroxyl groups is 1. The molecular formula is C15H23NO. The van der Waals surface area contributed by atoms with E-state index in [1.807, 2.05) is 24.3 Å². The van der Waals surface area contributed by atoms with Gasteiger partial charge in [0.25, 0.3) is 0 Å². The van der Waals surface area contributed by atoms with Crippen molar-refractivity contribution in [3.05, 3.63) is 42.5 Å². The van der Waals surface area contributed by atoms with Crippen LogP contribution in [0.5, 0.6) is 5.75 Å². The molecule has 0 spiro atoms. The van der Waals surface area contributed by atoms with Gasteiger partial charge in [0.15, 0.2) is 0 Å². The third kappa shape index (κ3) is 4.61. The number of phenolic OH excluding ortho intramolecular Hbond substituents is 1. The minimum absolute atomic E-state index is 0.0120. The van der Waals surface area contributed by atoms with E-state index in [4.69, 9.17) is 0 Å². The highest BCUT2D eigenvalue weighted by molar-refractivity contribution is 5.28. The second-order valence-corrected chi connectivity index (χ2v) is 5.24. The lowest BCUT2D eigenvalue weighted by Gasteiger charge is -2.27. The van der Waals surface area contributed by atoms with Crippen LogP contribution in [-0.4, -0.2) is 17.7 Å². The zero-order valence-electron chi connectivity index (χ0n) is 11.0. The second kappa shape index (κ2) is 5.87. The van der Waals surface area contributed by atoms with E-state index >= 15 is 0 Å². The summed E-state index contributed by atoms with van der Waals surface area (Å²) in [7, 11) is 0. The first-order valence-electron chi connectivity index (χ1n) is 6.10. The summed E-state index contributed by atoms with van der Waals surface area (Å²) in [4.78, 5) is 0. The Bertz CT molecular complexity index is 373. The zero-order chi connectivity index (χ0) is 12.9. The number of rotatable bonds is 6. The number of hydrogen-bond acceptors (Lipinski definition) is 2. The fourth-order valence-electron chi connectivity index (χ4n) is 1.78. The van der Waals surface area contributed by atoms with Crippen molar-refractivity contribution in [3.8, 4) is 5.75 Å². The Kier molecular flexibility index (Phi) is 4.76. The summed E-state index contributed by atoms with van der Waals surface area (Å²) in [6.07, 6.45) is 2.87. The Morgan fingerprint density at radius 2 is 2.18 bits per heavy atom. The third-order valence-electron chi connectivity index (χ3n) is 2.93. The summed E-state index contributed by atoms with van der Waals surface area (Å²) < 4.78 is 0. The molecule has 1 atom stereocenters. The van der Waals surface area contributed by atoms with Crippen molar-refractivity contribution in [2.24, 2.45) is 5.41 Å². The van der Waals surface area contributed by atoms with Gasteiger partial charge in [0.2, 0.25) is 0 Å². The van der Waals surface area contributed by atoms with Crippen LogP contribution in [0.3, 0.4) is 0 Å². The average Bonchev–Trinajstić information content (AvgIpc) is 2.26. The summed E-state index contributed by atoms with van der Waals surface area (Å²) in [6, 6.07) is 7.90. The maximum absolute atomic E-state index is 9.46. The third-order valence-corrected chi connectivity index (χ3v) is 2.93. The first-order valence-corrected chi connectivity index (χ1v) is 6.10. The molecule has 0 saturated heterocycles. The fraction of sp³-hybridized carbons (Fsp3) is 0.467. The Labute approximate surface area is 104 Å². The SMILES string of the molecule is C=CC(C)(CNC(C)C)Cc1cccc(O)c1. The Hall–Kier alpha value is -1.28. The Morgan fingerprint density at radius 3 is 2.71 bits per heavy atom. The van der Waals surface area contributed by atoms with Crippen LogP contribution in [0.15, 0.2) is 36.9 Å². The fourth-order valence-corrected chi connectivity index (χ4v) is 1.78. The van der Waals surface area contributed by atoms with E-state index in [1.165, 1.54) is 0 Å². The molecule has 2 heteroatoms. The van der Waals surface area contributed by atoms with Crippen molar-refractivity contribution in [2.45, 2.75) is 33.2 Å². The molecule has 1 aromatic rings. The van der Waals surface area contributed by atoms with Gasteiger partial charge in [-0.3, -0.25) is 0 Å². The molecule has 0 bridgehead atoms. The molecule has 1 aromatic carbocycles. The maximum atomic E-state index is 9.46. The monoisotopic (exact) mass is 233 g/mol. The molecule has 0 fully saturated rings. The molecule has 0 aromatic heterocycles. The molecule has 0 aliphatic heterocycles. The molecule has 1 rings (SSSR count). The molecule has 17 heavy (non-hydrogen) atoms. The van der Waals surface area contributed by atoms with Crippen LogP contribution >= 0.6 is 0 Å². The molecule has 0 amide bonds. The van der Waals surface area contributed by atoms with Gasteiger partial charge in [-0.2, -0.15) is 0 Å². The van der Waals surface area contributed by atoms with Gasteiger partial charge in [-0.05, 0) is 24.1 Å². The topological polar surface area (TPSA) is 32.3 Å². The zero-order valence-corrected chi connectivity index (χ0v) is 11.0. The summed E-state index contributed by atoms with van der Waals surface area (Å²) in [5.41, 5.74) is 1.15. The van der Waals surface area contributed by atoms with Crippen LogP contribution in [0, 0.1) is 5.41 Å². The number of nitrogens with one attached hydrogen (secondary N) is 1. The highest BCUT2D eigenvalue weighted by Gasteiger charge is 2.21. The number of benzene rings is 1. The summed E-state index contributed by atoms with van der Waals surface area (Å²) in [6.45, 7) is 11.3. The van der Waals surface area contributed by atoms with E-state index in [-0.39, 0.29) is 5.41 Å². The van der Waals surface area contributed by atoms with Crippen molar-refractivity contribution in [1.82, 2.24) is 5.32 Å². The van der Waals surface area contributed by atoms with Crippen LogP contribution in [0.25, 0.3) is 0 Å². The van der Waals surface area contributed by atoms with Crippen molar-refractivity contribution in [2.75, 3.05) is 6.54 Å². The van der Waals surface area contributed by atoms with Crippen molar-refractivity contribution < 1.29 is 5.11 Å². The molecule has 2 nitrogen and oxygen atoms in total. The van der Waals surface area contributed by atoms with Gasteiger partial charge in [-0.1, -0.05) is 39.0 Å². The summed E-state index contributed by atoms with van der Waals surface area (Å²) in [5.74, 6) is 0.325. The van der Waals surface area contributed by atoms with Gasteiger partial charge in [0.1, 0.15) is 5.75 Å². The summed E-state index contributed by atoms with van der Waals surface area (Å²) >= 11 is 0. The first-order chi connectivity index (χ1) is 7.95. The van der Waals surface area contributed by atoms with E-state index in [9.17, 15) is 5.11 Å². The quantitative estimate of drug-likeness (QED) is 0.740. The van der Waals surface area contributed by atoms with Crippen molar-refractivity contribution in [1.29, 1.82) is 0 Å². The number of phenols is 1. The highest BCUT2D eigenvalue weighted by Crippen LogP contribution is 2.25. The van der Waals surface area contributed by atoms with Gasteiger partial charge in [0, 0.05) is 18.0 Å². The predicted octanol–water partition coefficient (Wildman–Crippen LogP) is 3.13. The minimum atomic E-state index is 0.0120. The molecule has 0 heterocycles. The van der Waals surface area contributed by atoms with Gasteiger partial charge < -0.3 is 10.4 Å². The highest BCUT2D eigenvalue weighted by atomic mass is 16.3. The van der Waals surface area contributed by atoms with E-state index in [2.05, 4.69) is 32.7 Å². The maximum Gasteiger partial charge on any atom is 0.115 e. The molecule has 0 saturated carbocycles. The Morgan fingerprint density at radius 1 is 1.47 bits per heavy atom. The lowest BCUT2D eigenvalue weighted by atomic mass is 9.83. The molecular weight excluding hydrogens is 210 g/mol. The molecule has 1 unspecified atom stereocenters. The van der Waals surface area contributed by atoms with E-state index in [0.29, 0.717) is 11.8 Å². The van der Waals surface area contributed by atoms with Crippen LogP contribution in [0.4, 0.5) is 0 Å². The molecule has 0 aliphatic rings. The lowest BCUT2D eigenvalue weighted by Crippen LogP contribution is -2.35. The first kappa shape index (κ1) is 13.8. The molecule has 2 N–H and O–H groups in total. The molecule has 0 radical (unpaired) electrons. The van der Waals surface area contributed by atoms with Gasteiger partial charge >= 0.3 is 0 Å². The second-order valence-electron chi connectivity index (χ2n) is 5.24. The van der Waals surface area contributed by atoms with Crippen LogP contribution in [0.1, 0.15) is 26.3 Å². The van der Waals surface area contributed by atoms with Gasteiger partial charge in [-0.15, -0.1) is 6.58 Å². The van der Waals surface area contributed by atoms with Crippen LogP contribution in [0.2, 0.25) is 0 Å². The van der Waals surface area contributed by atoms with Crippen LogP contribution in [-0.2, 0) is 6.42 Å². The number of hydrogen-bond donors (Lipinski definition) is 2. The van der Waals surface area contributed by atoms with Gasteiger partial charge in [-0.25, -0.2) is 0 Å². The predicted molar refractivity (Wildman–Crippen MR) is 73.3 cm³/mol. The van der Waals surface area contributed by atoms with Crippen LogP contribution < -0.4 is 5.32 Å². The lowest BCUT2D eigenvalue weighted by molar-refractivity contribution is 0.373. The molecule has 94 valence electrons. The van der Waals surface area contributed by atoms with E-state index in [1.54, 1.807) is 6.07 Å².